The maximum atomic E-state index is 12.6. The zero-order chi connectivity index (χ0) is 18.0. The van der Waals surface area contributed by atoms with Gasteiger partial charge >= 0.3 is 6.18 Å². The lowest BCUT2D eigenvalue weighted by molar-refractivity contribution is -0.137. The number of hydrogen-bond donors (Lipinski definition) is 1. The van der Waals surface area contributed by atoms with Crippen LogP contribution in [-0.2, 0) is 6.18 Å². The van der Waals surface area contributed by atoms with E-state index in [0.717, 1.165) is 12.1 Å². The number of rotatable bonds is 2. The Morgan fingerprint density at radius 2 is 1.60 bits per heavy atom. The summed E-state index contributed by atoms with van der Waals surface area (Å²) in [5.74, 6) is -0.141. The van der Waals surface area contributed by atoms with Gasteiger partial charge in [0.25, 0.3) is 0 Å². The highest BCUT2D eigenvalue weighted by Crippen LogP contribution is 2.37. The van der Waals surface area contributed by atoms with Gasteiger partial charge in [-0.1, -0.05) is 12.1 Å². The van der Waals surface area contributed by atoms with Crippen molar-refractivity contribution in [2.75, 3.05) is 0 Å². The smallest absolute Gasteiger partial charge is 0.416 e. The number of phenolic OH excluding ortho intramolecular Hbond substituents is 1. The zero-order valence-electron chi connectivity index (χ0n) is 12.6. The molecular formula is C18H10F3N3O. The Kier molecular flexibility index (Phi) is 4.11. The summed E-state index contributed by atoms with van der Waals surface area (Å²) in [5, 5.41) is 28.1. The van der Waals surface area contributed by atoms with E-state index in [1.807, 2.05) is 0 Å². The Morgan fingerprint density at radius 1 is 0.880 bits per heavy atom. The predicted molar refractivity (Wildman–Crippen MR) is 85.9 cm³/mol. The van der Waals surface area contributed by atoms with Gasteiger partial charge in [0, 0.05) is 10.8 Å². The van der Waals surface area contributed by atoms with E-state index in [1.54, 1.807) is 24.3 Å². The van der Waals surface area contributed by atoms with Gasteiger partial charge in [-0.05, 0) is 42.5 Å². The van der Waals surface area contributed by atoms with E-state index >= 15 is 0 Å². The van der Waals surface area contributed by atoms with Gasteiger partial charge in [0.2, 0.25) is 0 Å². The Bertz CT molecular complexity index is 1000. The number of nitriles is 1. The Hall–Kier alpha value is -3.40. The molecule has 0 radical (unpaired) electrons. The lowest BCUT2D eigenvalue weighted by Gasteiger charge is -2.06. The molecule has 0 atom stereocenters. The number of alkyl halides is 3. The first-order valence-corrected chi connectivity index (χ1v) is 7.14. The van der Waals surface area contributed by atoms with E-state index in [0.29, 0.717) is 16.3 Å². The summed E-state index contributed by atoms with van der Waals surface area (Å²) >= 11 is 0. The van der Waals surface area contributed by atoms with Gasteiger partial charge in [-0.15, -0.1) is 5.11 Å². The second kappa shape index (κ2) is 6.24. The molecule has 0 unspecified atom stereocenters. The number of aromatic hydroxyl groups is 1. The fourth-order valence-corrected chi connectivity index (χ4v) is 2.36. The molecule has 124 valence electrons. The fraction of sp³-hybridized carbons (Fsp3) is 0.0556. The summed E-state index contributed by atoms with van der Waals surface area (Å²) in [5.41, 5.74) is -0.00283. The number of halogens is 3. The molecule has 0 aliphatic rings. The predicted octanol–water partition coefficient (Wildman–Crippen LogP) is 5.85. The van der Waals surface area contributed by atoms with Crippen LogP contribution < -0.4 is 0 Å². The average molecular weight is 341 g/mol. The SMILES string of the molecule is N#Cc1cccc2c(N=Nc3ccc(C(F)(F)F)cc3)c(O)ccc12. The van der Waals surface area contributed by atoms with E-state index in [1.165, 1.54) is 18.2 Å². The lowest BCUT2D eigenvalue weighted by atomic mass is 10.0. The molecule has 0 amide bonds. The highest BCUT2D eigenvalue weighted by molar-refractivity contribution is 5.98. The molecule has 0 aliphatic carbocycles. The van der Waals surface area contributed by atoms with E-state index in [2.05, 4.69) is 16.3 Å². The number of azo groups is 1. The fourth-order valence-electron chi connectivity index (χ4n) is 2.36. The first-order valence-electron chi connectivity index (χ1n) is 7.14. The second-order valence-corrected chi connectivity index (χ2v) is 5.19. The molecular weight excluding hydrogens is 331 g/mol. The van der Waals surface area contributed by atoms with Crippen molar-refractivity contribution in [3.8, 4) is 11.8 Å². The second-order valence-electron chi connectivity index (χ2n) is 5.19. The van der Waals surface area contributed by atoms with Crippen molar-refractivity contribution in [3.05, 3.63) is 65.7 Å². The first-order chi connectivity index (χ1) is 11.9. The summed E-state index contributed by atoms with van der Waals surface area (Å²) in [4.78, 5) is 0. The van der Waals surface area contributed by atoms with Gasteiger partial charge in [-0.25, -0.2) is 0 Å². The van der Waals surface area contributed by atoms with Crippen LogP contribution in [-0.4, -0.2) is 5.11 Å². The molecule has 3 aromatic carbocycles. The Morgan fingerprint density at radius 3 is 2.24 bits per heavy atom. The Balaban J connectivity index is 2.02. The molecule has 3 rings (SSSR count). The summed E-state index contributed by atoms with van der Waals surface area (Å²) in [7, 11) is 0. The highest BCUT2D eigenvalue weighted by atomic mass is 19.4. The van der Waals surface area contributed by atoms with Crippen molar-refractivity contribution in [1.29, 1.82) is 5.26 Å². The first kappa shape index (κ1) is 16.5. The van der Waals surface area contributed by atoms with Crippen LogP contribution >= 0.6 is 0 Å². The topological polar surface area (TPSA) is 68.7 Å². The van der Waals surface area contributed by atoms with E-state index in [4.69, 9.17) is 5.26 Å². The molecule has 1 N–H and O–H groups in total. The van der Waals surface area contributed by atoms with Crippen LogP contribution in [0.1, 0.15) is 11.1 Å². The van der Waals surface area contributed by atoms with Gasteiger partial charge in [0.15, 0.2) is 0 Å². The quantitative estimate of drug-likeness (QED) is 0.594. The summed E-state index contributed by atoms with van der Waals surface area (Å²) in [6.07, 6.45) is -4.42. The number of phenols is 1. The van der Waals surface area contributed by atoms with Crippen LogP contribution in [0.2, 0.25) is 0 Å². The molecule has 0 saturated carbocycles. The molecule has 0 heterocycles. The molecule has 4 nitrogen and oxygen atoms in total. The van der Waals surface area contributed by atoms with Gasteiger partial charge in [-0.3, -0.25) is 0 Å². The third-order valence-corrected chi connectivity index (χ3v) is 3.59. The van der Waals surface area contributed by atoms with Crippen molar-refractivity contribution in [1.82, 2.24) is 0 Å². The maximum absolute atomic E-state index is 12.6. The summed E-state index contributed by atoms with van der Waals surface area (Å²) < 4.78 is 37.7. The molecule has 0 aliphatic heterocycles. The standard InChI is InChI=1S/C18H10F3N3O/c19-18(20,21)12-4-6-13(7-5-12)23-24-17-15-3-1-2-11(10-22)14(15)8-9-16(17)25/h1-9,25H. The van der Waals surface area contributed by atoms with E-state index < -0.39 is 11.7 Å². The summed E-state index contributed by atoms with van der Waals surface area (Å²) in [6.45, 7) is 0. The third-order valence-electron chi connectivity index (χ3n) is 3.59. The van der Waals surface area contributed by atoms with Crippen LogP contribution in [0, 0.1) is 11.3 Å². The number of fused-ring (bicyclic) bond motifs is 1. The number of benzene rings is 3. The van der Waals surface area contributed by atoms with Gasteiger partial charge in [0.05, 0.1) is 22.9 Å². The summed E-state index contributed by atoms with van der Waals surface area (Å²) in [6, 6.07) is 14.2. The molecule has 3 aromatic rings. The van der Waals surface area contributed by atoms with Gasteiger partial charge in [0.1, 0.15) is 11.4 Å². The molecule has 0 saturated heterocycles. The minimum Gasteiger partial charge on any atom is -0.506 e. The van der Waals surface area contributed by atoms with Crippen molar-refractivity contribution in [2.24, 2.45) is 10.2 Å². The van der Waals surface area contributed by atoms with Gasteiger partial charge in [-0.2, -0.15) is 23.5 Å². The largest absolute Gasteiger partial charge is 0.506 e. The lowest BCUT2D eigenvalue weighted by Crippen LogP contribution is -2.03. The van der Waals surface area contributed by atoms with Crippen LogP contribution in [0.3, 0.4) is 0 Å². The van der Waals surface area contributed by atoms with Crippen molar-refractivity contribution in [2.45, 2.75) is 6.18 Å². The monoisotopic (exact) mass is 341 g/mol. The molecule has 25 heavy (non-hydrogen) atoms. The average Bonchev–Trinajstić information content (AvgIpc) is 2.60. The van der Waals surface area contributed by atoms with Crippen LogP contribution in [0.25, 0.3) is 10.8 Å². The molecule has 0 bridgehead atoms. The third kappa shape index (κ3) is 3.28. The number of nitrogens with zero attached hydrogens (tertiary/aromatic N) is 3. The minimum absolute atomic E-state index is 0.141. The molecule has 0 spiro atoms. The van der Waals surface area contributed by atoms with Crippen molar-refractivity contribution >= 4 is 22.1 Å². The number of hydrogen-bond acceptors (Lipinski definition) is 4. The molecule has 0 fully saturated rings. The normalized spacial score (nSPS) is 11.8. The zero-order valence-corrected chi connectivity index (χ0v) is 12.6. The van der Waals surface area contributed by atoms with Gasteiger partial charge < -0.3 is 5.11 Å². The maximum Gasteiger partial charge on any atom is 0.416 e. The Labute approximate surface area is 140 Å². The van der Waals surface area contributed by atoms with E-state index in [-0.39, 0.29) is 17.1 Å². The van der Waals surface area contributed by atoms with Crippen LogP contribution in [0.15, 0.2) is 64.8 Å². The molecule has 0 aromatic heterocycles. The highest BCUT2D eigenvalue weighted by Gasteiger charge is 2.29. The van der Waals surface area contributed by atoms with Crippen LogP contribution in [0.4, 0.5) is 24.5 Å². The van der Waals surface area contributed by atoms with E-state index in [9.17, 15) is 18.3 Å². The minimum atomic E-state index is -4.42. The van der Waals surface area contributed by atoms with Crippen molar-refractivity contribution in [3.63, 3.8) is 0 Å². The van der Waals surface area contributed by atoms with Crippen molar-refractivity contribution < 1.29 is 18.3 Å². The molecule has 7 heteroatoms. The van der Waals surface area contributed by atoms with Crippen LogP contribution in [0.5, 0.6) is 5.75 Å².